The summed E-state index contributed by atoms with van der Waals surface area (Å²) in [6.45, 7) is 6.17. The number of benzene rings is 1. The molecular weight excluding hydrogens is 403 g/mol. The summed E-state index contributed by atoms with van der Waals surface area (Å²) >= 11 is 3.19. The van der Waals surface area contributed by atoms with Crippen LogP contribution in [0.2, 0.25) is 0 Å². The predicted octanol–water partition coefficient (Wildman–Crippen LogP) is 2.72. The molecule has 2 aromatic rings. The molecule has 1 aromatic carbocycles. The van der Waals surface area contributed by atoms with Crippen LogP contribution < -0.4 is 9.64 Å². The van der Waals surface area contributed by atoms with Crippen molar-refractivity contribution in [2.75, 3.05) is 37.7 Å². The van der Waals surface area contributed by atoms with Crippen molar-refractivity contribution >= 4 is 27.7 Å². The van der Waals surface area contributed by atoms with Crippen LogP contribution in [0.15, 0.2) is 28.7 Å². The number of aromatic nitrogens is 2. The summed E-state index contributed by atoms with van der Waals surface area (Å²) in [6.07, 6.45) is 0. The number of hydrogen-bond acceptors (Lipinski definition) is 5. The van der Waals surface area contributed by atoms with Crippen molar-refractivity contribution in [3.63, 3.8) is 0 Å². The first-order chi connectivity index (χ1) is 12.4. The smallest absolute Gasteiger partial charge is 0.260 e. The van der Waals surface area contributed by atoms with E-state index in [0.717, 1.165) is 17.3 Å². The number of carbonyl (C=O) groups is 1. The summed E-state index contributed by atoms with van der Waals surface area (Å²) in [6, 6.07) is 6.44. The Morgan fingerprint density at radius 1 is 1.19 bits per heavy atom. The molecule has 0 saturated carbocycles. The van der Waals surface area contributed by atoms with Crippen molar-refractivity contribution in [1.82, 2.24) is 14.9 Å². The summed E-state index contributed by atoms with van der Waals surface area (Å²) in [5.41, 5.74) is 0.927. The molecular formula is C18H20BrFN4O2. The minimum absolute atomic E-state index is 0.0760. The molecule has 138 valence electrons. The third-order valence-electron chi connectivity index (χ3n) is 4.15. The van der Waals surface area contributed by atoms with Gasteiger partial charge in [-0.05, 0) is 32.0 Å². The highest BCUT2D eigenvalue weighted by Gasteiger charge is 2.23. The maximum atomic E-state index is 13.7. The van der Waals surface area contributed by atoms with Gasteiger partial charge in [0.05, 0.1) is 0 Å². The van der Waals surface area contributed by atoms with Gasteiger partial charge in [0.15, 0.2) is 18.2 Å². The number of halogens is 2. The largest absolute Gasteiger partial charge is 0.481 e. The molecule has 3 rings (SSSR count). The van der Waals surface area contributed by atoms with Gasteiger partial charge in [-0.1, -0.05) is 15.9 Å². The highest BCUT2D eigenvalue weighted by molar-refractivity contribution is 9.10. The van der Waals surface area contributed by atoms with Gasteiger partial charge in [-0.25, -0.2) is 14.4 Å². The number of nitrogens with zero attached hydrogens (tertiary/aromatic N) is 4. The lowest BCUT2D eigenvalue weighted by atomic mass is 10.3. The number of carbonyl (C=O) groups excluding carboxylic acids is 1. The fraction of sp³-hybridized carbons (Fsp3) is 0.389. The SMILES string of the molecule is Cc1cc(N2CCN(C(=O)COc3ccc(Br)cc3F)CC2)nc(C)n1. The van der Waals surface area contributed by atoms with E-state index >= 15 is 0 Å². The summed E-state index contributed by atoms with van der Waals surface area (Å²) in [5.74, 6) is 1.05. The number of aryl methyl sites for hydroxylation is 2. The molecule has 1 saturated heterocycles. The van der Waals surface area contributed by atoms with Crippen molar-refractivity contribution in [1.29, 1.82) is 0 Å². The van der Waals surface area contributed by atoms with Crippen molar-refractivity contribution in [2.24, 2.45) is 0 Å². The average molecular weight is 423 g/mol. The van der Waals surface area contributed by atoms with E-state index in [9.17, 15) is 9.18 Å². The van der Waals surface area contributed by atoms with E-state index in [-0.39, 0.29) is 18.3 Å². The van der Waals surface area contributed by atoms with Gasteiger partial charge in [-0.3, -0.25) is 4.79 Å². The van der Waals surface area contributed by atoms with E-state index in [4.69, 9.17) is 4.74 Å². The number of ether oxygens (including phenoxy) is 1. The molecule has 0 bridgehead atoms. The Hall–Kier alpha value is -2.22. The second-order valence-electron chi connectivity index (χ2n) is 6.15. The zero-order valence-electron chi connectivity index (χ0n) is 14.7. The molecule has 8 heteroatoms. The first-order valence-electron chi connectivity index (χ1n) is 8.35. The van der Waals surface area contributed by atoms with Gasteiger partial charge in [-0.2, -0.15) is 0 Å². The minimum atomic E-state index is -0.494. The Morgan fingerprint density at radius 3 is 2.58 bits per heavy atom. The highest BCUT2D eigenvalue weighted by Crippen LogP contribution is 2.21. The Kier molecular flexibility index (Phi) is 5.70. The zero-order chi connectivity index (χ0) is 18.7. The Labute approximate surface area is 160 Å². The monoisotopic (exact) mass is 422 g/mol. The normalized spacial score (nSPS) is 14.5. The number of amides is 1. The van der Waals surface area contributed by atoms with Gasteiger partial charge >= 0.3 is 0 Å². The molecule has 0 aliphatic carbocycles. The fourth-order valence-electron chi connectivity index (χ4n) is 2.87. The summed E-state index contributed by atoms with van der Waals surface area (Å²) < 4.78 is 19.7. The molecule has 1 aliphatic rings. The molecule has 1 fully saturated rings. The highest BCUT2D eigenvalue weighted by atomic mass is 79.9. The average Bonchev–Trinajstić information content (AvgIpc) is 2.60. The molecule has 6 nitrogen and oxygen atoms in total. The van der Waals surface area contributed by atoms with Crippen molar-refractivity contribution in [3.8, 4) is 5.75 Å². The number of piperazine rings is 1. The van der Waals surface area contributed by atoms with E-state index in [1.807, 2.05) is 19.9 Å². The van der Waals surface area contributed by atoms with Crippen LogP contribution in [0.1, 0.15) is 11.5 Å². The Morgan fingerprint density at radius 2 is 1.92 bits per heavy atom. The molecule has 0 atom stereocenters. The molecule has 0 radical (unpaired) electrons. The van der Waals surface area contributed by atoms with E-state index in [1.54, 1.807) is 11.0 Å². The summed E-state index contributed by atoms with van der Waals surface area (Å²) in [7, 11) is 0. The predicted molar refractivity (Wildman–Crippen MR) is 99.9 cm³/mol. The van der Waals surface area contributed by atoms with Gasteiger partial charge in [0.2, 0.25) is 0 Å². The first-order valence-corrected chi connectivity index (χ1v) is 9.14. The standard InChI is InChI=1S/C18H20BrFN4O2/c1-12-9-17(22-13(2)21-12)23-5-7-24(8-6-23)18(25)11-26-16-4-3-14(19)10-15(16)20/h3-4,9-10H,5-8,11H2,1-2H3. The molecule has 26 heavy (non-hydrogen) atoms. The van der Waals surface area contributed by atoms with Crippen LogP contribution in [0.5, 0.6) is 5.75 Å². The topological polar surface area (TPSA) is 58.6 Å². The number of rotatable bonds is 4. The van der Waals surface area contributed by atoms with E-state index in [1.165, 1.54) is 12.1 Å². The van der Waals surface area contributed by atoms with Gasteiger partial charge in [0.1, 0.15) is 11.6 Å². The third-order valence-corrected chi connectivity index (χ3v) is 4.65. The van der Waals surface area contributed by atoms with E-state index in [2.05, 4.69) is 30.8 Å². The van der Waals surface area contributed by atoms with Gasteiger partial charge in [0.25, 0.3) is 5.91 Å². The molecule has 1 aliphatic heterocycles. The molecule has 2 heterocycles. The van der Waals surface area contributed by atoms with Crippen LogP contribution in [0.4, 0.5) is 10.2 Å². The van der Waals surface area contributed by atoms with Crippen molar-refractivity contribution in [2.45, 2.75) is 13.8 Å². The third kappa shape index (κ3) is 4.49. The van der Waals surface area contributed by atoms with Crippen LogP contribution in [-0.4, -0.2) is 53.6 Å². The lowest BCUT2D eigenvalue weighted by Gasteiger charge is -2.35. The minimum Gasteiger partial charge on any atom is -0.481 e. The summed E-state index contributed by atoms with van der Waals surface area (Å²) in [4.78, 5) is 24.9. The van der Waals surface area contributed by atoms with Crippen LogP contribution in [-0.2, 0) is 4.79 Å². The van der Waals surface area contributed by atoms with Crippen molar-refractivity contribution < 1.29 is 13.9 Å². The maximum Gasteiger partial charge on any atom is 0.260 e. The molecule has 1 amide bonds. The quantitative estimate of drug-likeness (QED) is 0.757. The Bertz CT molecular complexity index is 790. The van der Waals surface area contributed by atoms with Crippen LogP contribution in [0, 0.1) is 19.7 Å². The van der Waals surface area contributed by atoms with Crippen LogP contribution >= 0.6 is 15.9 Å². The van der Waals surface area contributed by atoms with Crippen LogP contribution in [0.3, 0.4) is 0 Å². The molecule has 0 N–H and O–H groups in total. The van der Waals surface area contributed by atoms with E-state index < -0.39 is 5.82 Å². The molecule has 0 spiro atoms. The lowest BCUT2D eigenvalue weighted by Crippen LogP contribution is -2.50. The second-order valence-corrected chi connectivity index (χ2v) is 7.06. The second kappa shape index (κ2) is 7.99. The van der Waals surface area contributed by atoms with Crippen molar-refractivity contribution in [3.05, 3.63) is 46.1 Å². The fourth-order valence-corrected chi connectivity index (χ4v) is 3.20. The summed E-state index contributed by atoms with van der Waals surface area (Å²) in [5, 5.41) is 0. The van der Waals surface area contributed by atoms with Crippen LogP contribution in [0.25, 0.3) is 0 Å². The maximum absolute atomic E-state index is 13.7. The van der Waals surface area contributed by atoms with Gasteiger partial charge in [0, 0.05) is 42.4 Å². The number of anilines is 1. The number of hydrogen-bond donors (Lipinski definition) is 0. The van der Waals surface area contributed by atoms with Gasteiger partial charge < -0.3 is 14.5 Å². The van der Waals surface area contributed by atoms with Gasteiger partial charge in [-0.15, -0.1) is 0 Å². The first kappa shape index (κ1) is 18.6. The molecule has 1 aromatic heterocycles. The molecule has 0 unspecified atom stereocenters. The lowest BCUT2D eigenvalue weighted by molar-refractivity contribution is -0.133. The Balaban J connectivity index is 1.53. The zero-order valence-corrected chi connectivity index (χ0v) is 16.3. The van der Waals surface area contributed by atoms with E-state index in [0.29, 0.717) is 30.7 Å².